The van der Waals surface area contributed by atoms with E-state index < -0.39 is 73.1 Å². The lowest BCUT2D eigenvalue weighted by molar-refractivity contribution is -0.182. The van der Waals surface area contributed by atoms with Gasteiger partial charge in [-0.2, -0.15) is 0 Å². The summed E-state index contributed by atoms with van der Waals surface area (Å²) in [5, 5.41) is 41.7. The molecule has 0 spiro atoms. The van der Waals surface area contributed by atoms with Crippen LogP contribution in [-0.4, -0.2) is 110 Å². The van der Waals surface area contributed by atoms with Crippen molar-refractivity contribution < 1.29 is 49.1 Å². The molecule has 44 heavy (non-hydrogen) atoms. The Balaban J connectivity index is 2.13. The van der Waals surface area contributed by atoms with Crippen molar-refractivity contribution in [2.24, 2.45) is 5.41 Å². The SMILES string of the molecule is CCC(C)(CC)CC(O)CN1C(=O)C(Cc2ccc(Br)cc2)N(CC(O)COC(=O)C(O)C(O)C(=O)OC(C)(C)CC)C1=O. The topological polar surface area (TPSA) is 174 Å². The summed E-state index contributed by atoms with van der Waals surface area (Å²) >= 11 is 3.37. The Hall–Kier alpha value is -2.58. The van der Waals surface area contributed by atoms with Gasteiger partial charge in [-0.1, -0.05) is 68.6 Å². The number of nitrogens with zero attached hydrogens (tertiary/aromatic N) is 2. The first-order valence-electron chi connectivity index (χ1n) is 15.0. The predicted molar refractivity (Wildman–Crippen MR) is 164 cm³/mol. The molecule has 0 saturated carbocycles. The highest BCUT2D eigenvalue weighted by atomic mass is 79.9. The molecule has 0 aromatic heterocycles. The Morgan fingerprint density at radius 2 is 1.45 bits per heavy atom. The van der Waals surface area contributed by atoms with Crippen molar-refractivity contribution >= 4 is 39.8 Å². The molecule has 248 valence electrons. The summed E-state index contributed by atoms with van der Waals surface area (Å²) < 4.78 is 10.8. The van der Waals surface area contributed by atoms with Gasteiger partial charge in [0.25, 0.3) is 5.91 Å². The molecule has 1 aromatic rings. The van der Waals surface area contributed by atoms with Gasteiger partial charge in [-0.3, -0.25) is 9.69 Å². The van der Waals surface area contributed by atoms with Crippen molar-refractivity contribution in [2.45, 2.75) is 110 Å². The molecule has 4 N–H and O–H groups in total. The fraction of sp³-hybridized carbons (Fsp3) is 0.677. The minimum absolute atomic E-state index is 0.139. The molecule has 5 unspecified atom stereocenters. The summed E-state index contributed by atoms with van der Waals surface area (Å²) in [6, 6.07) is 5.49. The summed E-state index contributed by atoms with van der Waals surface area (Å²) in [5.74, 6) is -3.11. The Labute approximate surface area is 267 Å². The standard InChI is InChI=1S/C31H47BrN2O10/c1-7-30(4,5)44-28(41)25(38)24(37)27(40)43-18-22(36)17-33-23(14-19-10-12-20(32)13-11-19)26(39)34(29(33)42)16-21(35)15-31(6,8-2)9-3/h10-13,21-25,35-38H,7-9,14-18H2,1-6H3. The number of imide groups is 1. The molecule has 1 aliphatic rings. The third kappa shape index (κ3) is 10.2. The van der Waals surface area contributed by atoms with Gasteiger partial charge in [0.15, 0.2) is 12.2 Å². The van der Waals surface area contributed by atoms with Crippen LogP contribution in [0.5, 0.6) is 0 Å². The monoisotopic (exact) mass is 686 g/mol. The Morgan fingerprint density at radius 3 is 2.00 bits per heavy atom. The lowest BCUT2D eigenvalue weighted by Crippen LogP contribution is -2.46. The molecule has 0 bridgehead atoms. The molecule has 1 saturated heterocycles. The van der Waals surface area contributed by atoms with Gasteiger partial charge in [0.1, 0.15) is 24.4 Å². The largest absolute Gasteiger partial charge is 0.461 e. The van der Waals surface area contributed by atoms with E-state index in [1.54, 1.807) is 45.0 Å². The number of carbonyl (C=O) groups excluding carboxylic acids is 4. The van der Waals surface area contributed by atoms with Crippen LogP contribution in [0.1, 0.15) is 72.8 Å². The number of benzene rings is 1. The molecular formula is C31H47BrN2O10. The molecule has 0 radical (unpaired) electrons. The molecule has 1 aromatic carbocycles. The molecule has 3 amide bonds. The minimum Gasteiger partial charge on any atom is -0.461 e. The Morgan fingerprint density at radius 1 is 0.886 bits per heavy atom. The highest BCUT2D eigenvalue weighted by Crippen LogP contribution is 2.32. The van der Waals surface area contributed by atoms with E-state index in [9.17, 15) is 39.6 Å². The zero-order valence-corrected chi connectivity index (χ0v) is 27.9. The van der Waals surface area contributed by atoms with Gasteiger partial charge in [-0.15, -0.1) is 0 Å². The molecule has 1 aliphatic heterocycles. The molecule has 0 aliphatic carbocycles. The van der Waals surface area contributed by atoms with Gasteiger partial charge in [0.05, 0.1) is 19.2 Å². The molecule has 5 atom stereocenters. The van der Waals surface area contributed by atoms with Crippen molar-refractivity contribution in [3.63, 3.8) is 0 Å². The minimum atomic E-state index is -2.27. The number of hydrogen-bond donors (Lipinski definition) is 4. The third-order valence-electron chi connectivity index (χ3n) is 8.41. The van der Waals surface area contributed by atoms with E-state index >= 15 is 0 Å². The molecule has 1 heterocycles. The lowest BCUT2D eigenvalue weighted by Gasteiger charge is -2.30. The van der Waals surface area contributed by atoms with Crippen LogP contribution in [0.2, 0.25) is 0 Å². The number of amides is 3. The maximum atomic E-state index is 13.5. The van der Waals surface area contributed by atoms with Gasteiger partial charge >= 0.3 is 18.0 Å². The number of rotatable bonds is 17. The number of urea groups is 1. The van der Waals surface area contributed by atoms with Crippen LogP contribution in [0.3, 0.4) is 0 Å². The van der Waals surface area contributed by atoms with E-state index in [4.69, 9.17) is 9.47 Å². The second-order valence-corrected chi connectivity index (χ2v) is 13.2. The maximum absolute atomic E-state index is 13.5. The molecule has 1 fully saturated rings. The molecule has 13 heteroatoms. The van der Waals surface area contributed by atoms with Crippen molar-refractivity contribution in [2.75, 3.05) is 19.7 Å². The first kappa shape index (κ1) is 37.6. The predicted octanol–water partition coefficient (Wildman–Crippen LogP) is 2.56. The number of carbonyl (C=O) groups is 4. The summed E-state index contributed by atoms with van der Waals surface area (Å²) in [7, 11) is 0. The van der Waals surface area contributed by atoms with Crippen molar-refractivity contribution in [1.82, 2.24) is 9.80 Å². The van der Waals surface area contributed by atoms with Gasteiger partial charge < -0.3 is 34.8 Å². The average molecular weight is 688 g/mol. The van der Waals surface area contributed by atoms with Gasteiger partial charge in [0, 0.05) is 10.9 Å². The Bertz CT molecular complexity index is 1140. The van der Waals surface area contributed by atoms with E-state index in [0.717, 1.165) is 27.8 Å². The number of esters is 2. The van der Waals surface area contributed by atoms with Crippen LogP contribution in [-0.2, 0) is 30.3 Å². The van der Waals surface area contributed by atoms with Crippen LogP contribution in [0, 0.1) is 5.41 Å². The zero-order chi connectivity index (χ0) is 33.4. The van der Waals surface area contributed by atoms with E-state index in [1.165, 1.54) is 4.90 Å². The fourth-order valence-electron chi connectivity index (χ4n) is 4.70. The summed E-state index contributed by atoms with van der Waals surface area (Å²) in [5.41, 5.74) is -0.337. The average Bonchev–Trinajstić information content (AvgIpc) is 3.19. The molecular weight excluding hydrogens is 640 g/mol. The van der Waals surface area contributed by atoms with Crippen LogP contribution >= 0.6 is 15.9 Å². The first-order chi connectivity index (χ1) is 20.5. The van der Waals surface area contributed by atoms with Crippen LogP contribution in [0.15, 0.2) is 28.7 Å². The van der Waals surface area contributed by atoms with E-state index in [1.807, 2.05) is 20.8 Å². The zero-order valence-electron chi connectivity index (χ0n) is 26.4. The van der Waals surface area contributed by atoms with Crippen molar-refractivity contribution in [1.29, 1.82) is 0 Å². The Kier molecular flexibility index (Phi) is 13.8. The number of β-amino-alcohol motifs (C(OH)–C–C–N with tert-alkyl or cyclic N) is 2. The summed E-state index contributed by atoms with van der Waals surface area (Å²) in [4.78, 5) is 53.6. The number of aliphatic hydroxyl groups excluding tert-OH is 4. The van der Waals surface area contributed by atoms with Gasteiger partial charge in [-0.25, -0.2) is 14.4 Å². The second-order valence-electron chi connectivity index (χ2n) is 12.3. The van der Waals surface area contributed by atoms with Gasteiger partial charge in [-0.05, 0) is 49.8 Å². The number of hydrogen-bond acceptors (Lipinski definition) is 10. The number of halogens is 1. The summed E-state index contributed by atoms with van der Waals surface area (Å²) in [6.07, 6.45) is -4.32. The van der Waals surface area contributed by atoms with Crippen molar-refractivity contribution in [3.05, 3.63) is 34.3 Å². The van der Waals surface area contributed by atoms with E-state index in [2.05, 4.69) is 15.9 Å². The van der Waals surface area contributed by atoms with E-state index in [-0.39, 0.29) is 18.4 Å². The number of aliphatic hydroxyl groups is 4. The van der Waals surface area contributed by atoms with Crippen LogP contribution in [0.4, 0.5) is 4.79 Å². The molecule has 2 rings (SSSR count). The summed E-state index contributed by atoms with van der Waals surface area (Å²) in [6.45, 7) is 9.72. The maximum Gasteiger partial charge on any atom is 0.338 e. The second kappa shape index (κ2) is 16.1. The number of ether oxygens (including phenoxy) is 2. The van der Waals surface area contributed by atoms with Crippen LogP contribution in [0.25, 0.3) is 0 Å². The lowest BCUT2D eigenvalue weighted by atomic mass is 9.79. The van der Waals surface area contributed by atoms with Crippen LogP contribution < -0.4 is 0 Å². The highest BCUT2D eigenvalue weighted by Gasteiger charge is 2.46. The quantitative estimate of drug-likeness (QED) is 0.141. The third-order valence-corrected chi connectivity index (χ3v) is 8.94. The smallest absolute Gasteiger partial charge is 0.338 e. The fourth-order valence-corrected chi connectivity index (χ4v) is 4.96. The highest BCUT2D eigenvalue weighted by molar-refractivity contribution is 9.10. The first-order valence-corrected chi connectivity index (χ1v) is 15.7. The van der Waals surface area contributed by atoms with Gasteiger partial charge in [0.2, 0.25) is 0 Å². The molecule has 12 nitrogen and oxygen atoms in total. The van der Waals surface area contributed by atoms with E-state index in [0.29, 0.717) is 12.8 Å². The van der Waals surface area contributed by atoms with Crippen molar-refractivity contribution in [3.8, 4) is 0 Å². The normalized spacial score (nSPS) is 18.7.